The van der Waals surface area contributed by atoms with E-state index in [1.807, 2.05) is 6.07 Å². The summed E-state index contributed by atoms with van der Waals surface area (Å²) in [5.74, 6) is 4.20. The van der Waals surface area contributed by atoms with Gasteiger partial charge in [0.25, 0.3) is 5.56 Å². The quantitative estimate of drug-likeness (QED) is 0.855. The van der Waals surface area contributed by atoms with Crippen LogP contribution in [0.15, 0.2) is 16.9 Å². The van der Waals surface area contributed by atoms with Crippen LogP contribution in [0.4, 0.5) is 0 Å². The maximum Gasteiger partial charge on any atom is 0.252 e. The molecule has 4 aliphatic carbocycles. The molecule has 4 saturated carbocycles. The van der Waals surface area contributed by atoms with E-state index < -0.39 is 0 Å². The minimum absolute atomic E-state index is 0.0220. The number of hydrogen-bond donors (Lipinski definition) is 2. The van der Waals surface area contributed by atoms with E-state index in [-0.39, 0.29) is 5.56 Å². The van der Waals surface area contributed by atoms with Gasteiger partial charge in [-0.3, -0.25) is 4.79 Å². The molecule has 3 N–H and O–H groups in total. The van der Waals surface area contributed by atoms with Crippen LogP contribution in [0.3, 0.4) is 0 Å². The summed E-state index contributed by atoms with van der Waals surface area (Å²) in [5.41, 5.74) is 7.48. The van der Waals surface area contributed by atoms with Crippen molar-refractivity contribution < 1.29 is 0 Å². The largest absolute Gasteiger partial charge is 0.326 e. The molecule has 0 spiro atoms. The number of aromatic amines is 1. The van der Waals surface area contributed by atoms with Crippen LogP contribution in [-0.4, -0.2) is 4.98 Å². The topological polar surface area (TPSA) is 58.9 Å². The lowest BCUT2D eigenvalue weighted by atomic mass is 9.51. The van der Waals surface area contributed by atoms with Crippen molar-refractivity contribution in [1.82, 2.24) is 4.98 Å². The Morgan fingerprint density at radius 3 is 2.21 bits per heavy atom. The van der Waals surface area contributed by atoms with Crippen molar-refractivity contribution in [3.05, 3.63) is 33.7 Å². The maximum absolute atomic E-state index is 12.0. The molecule has 4 bridgehead atoms. The minimum atomic E-state index is 0.0220. The summed E-state index contributed by atoms with van der Waals surface area (Å²) in [5, 5.41) is 0. The van der Waals surface area contributed by atoms with Crippen molar-refractivity contribution in [2.24, 2.45) is 29.4 Å². The number of aromatic nitrogens is 1. The molecule has 0 unspecified atom stereocenters. The molecule has 3 heteroatoms. The van der Waals surface area contributed by atoms with E-state index in [1.54, 1.807) is 0 Å². The number of hydrogen-bond acceptors (Lipinski definition) is 2. The van der Waals surface area contributed by atoms with Crippen molar-refractivity contribution in [2.45, 2.75) is 44.6 Å². The van der Waals surface area contributed by atoms with Crippen LogP contribution in [0.2, 0.25) is 0 Å². The van der Waals surface area contributed by atoms with Gasteiger partial charge < -0.3 is 10.7 Å². The highest BCUT2D eigenvalue weighted by molar-refractivity contribution is 5.21. The Kier molecular flexibility index (Phi) is 2.59. The molecular weight excluding hydrogens is 236 g/mol. The van der Waals surface area contributed by atoms with E-state index in [9.17, 15) is 4.79 Å². The summed E-state index contributed by atoms with van der Waals surface area (Å²) in [4.78, 5) is 15.1. The SMILES string of the molecule is NCc1ccc(C2C3CC4CC(C3)CC2C4)[nH]c1=O. The maximum atomic E-state index is 12.0. The van der Waals surface area contributed by atoms with Crippen molar-refractivity contribution >= 4 is 0 Å². The first-order valence-corrected chi connectivity index (χ1v) is 7.66. The molecule has 4 aliphatic rings. The lowest BCUT2D eigenvalue weighted by Gasteiger charge is -2.54. The Balaban J connectivity index is 1.69. The number of rotatable bonds is 2. The number of H-pyrrole nitrogens is 1. The minimum Gasteiger partial charge on any atom is -0.326 e. The molecule has 0 radical (unpaired) electrons. The highest BCUT2D eigenvalue weighted by Crippen LogP contribution is 2.59. The van der Waals surface area contributed by atoms with Gasteiger partial charge in [0, 0.05) is 23.7 Å². The van der Waals surface area contributed by atoms with Gasteiger partial charge >= 0.3 is 0 Å². The summed E-state index contributed by atoms with van der Waals surface area (Å²) < 4.78 is 0. The summed E-state index contributed by atoms with van der Waals surface area (Å²) in [6.45, 7) is 0.331. The Labute approximate surface area is 113 Å². The second-order valence-corrected chi connectivity index (χ2v) is 6.93. The Morgan fingerprint density at radius 2 is 1.68 bits per heavy atom. The number of pyridine rings is 1. The van der Waals surface area contributed by atoms with Gasteiger partial charge in [-0.15, -0.1) is 0 Å². The third-order valence-electron chi connectivity index (χ3n) is 5.82. The zero-order valence-electron chi connectivity index (χ0n) is 11.3. The molecule has 0 saturated heterocycles. The fraction of sp³-hybridized carbons (Fsp3) is 0.688. The van der Waals surface area contributed by atoms with Crippen LogP contribution in [0.5, 0.6) is 0 Å². The first-order valence-electron chi connectivity index (χ1n) is 7.66. The van der Waals surface area contributed by atoms with E-state index in [4.69, 9.17) is 5.73 Å². The molecule has 0 amide bonds. The molecule has 1 aromatic rings. The van der Waals surface area contributed by atoms with Gasteiger partial charge in [-0.2, -0.15) is 0 Å². The van der Waals surface area contributed by atoms with Gasteiger partial charge in [-0.05, 0) is 61.8 Å². The van der Waals surface area contributed by atoms with Gasteiger partial charge in [0.2, 0.25) is 0 Å². The summed E-state index contributed by atoms with van der Waals surface area (Å²) in [6, 6.07) is 4.05. The zero-order chi connectivity index (χ0) is 13.0. The molecule has 1 heterocycles. The highest BCUT2D eigenvalue weighted by atomic mass is 16.1. The van der Waals surface area contributed by atoms with Crippen LogP contribution < -0.4 is 11.3 Å². The standard InChI is InChI=1S/C16H22N2O/c17-8-11-1-2-14(18-16(11)19)15-12-4-9-3-10(6-12)7-13(15)5-9/h1-2,9-10,12-13,15H,3-8,17H2,(H,18,19). The third kappa shape index (κ3) is 1.78. The van der Waals surface area contributed by atoms with Gasteiger partial charge in [-0.1, -0.05) is 6.07 Å². The normalized spacial score (nSPS) is 39.7. The lowest BCUT2D eigenvalue weighted by molar-refractivity contribution is -0.00422. The molecule has 19 heavy (non-hydrogen) atoms. The second kappa shape index (κ2) is 4.20. The zero-order valence-corrected chi connectivity index (χ0v) is 11.3. The molecule has 4 fully saturated rings. The van der Waals surface area contributed by atoms with E-state index in [2.05, 4.69) is 11.1 Å². The predicted octanol–water partition coefficient (Wildman–Crippen LogP) is 2.37. The van der Waals surface area contributed by atoms with Crippen LogP contribution >= 0.6 is 0 Å². The fourth-order valence-corrected chi connectivity index (χ4v) is 5.31. The summed E-state index contributed by atoms with van der Waals surface area (Å²) >= 11 is 0. The van der Waals surface area contributed by atoms with Gasteiger partial charge in [0.15, 0.2) is 0 Å². The highest BCUT2D eigenvalue weighted by Gasteiger charge is 2.48. The molecular formula is C16H22N2O. The Morgan fingerprint density at radius 1 is 1.05 bits per heavy atom. The molecule has 5 rings (SSSR count). The van der Waals surface area contributed by atoms with E-state index in [1.165, 1.54) is 37.8 Å². The smallest absolute Gasteiger partial charge is 0.252 e. The average molecular weight is 258 g/mol. The van der Waals surface area contributed by atoms with Crippen LogP contribution in [0, 0.1) is 23.7 Å². The lowest BCUT2D eigenvalue weighted by Crippen LogP contribution is -2.44. The first kappa shape index (κ1) is 11.7. The third-order valence-corrected chi connectivity index (χ3v) is 5.82. The summed E-state index contributed by atoms with van der Waals surface area (Å²) in [7, 11) is 0. The van der Waals surface area contributed by atoms with Crippen molar-refractivity contribution in [3.8, 4) is 0 Å². The number of nitrogens with two attached hydrogens (primary N) is 1. The first-order chi connectivity index (χ1) is 9.24. The Bertz CT molecular complexity index is 520. The van der Waals surface area contributed by atoms with Gasteiger partial charge in [0.05, 0.1) is 0 Å². The van der Waals surface area contributed by atoms with Crippen LogP contribution in [-0.2, 0) is 6.54 Å². The fourth-order valence-electron chi connectivity index (χ4n) is 5.31. The number of nitrogens with one attached hydrogen (secondary N) is 1. The molecule has 102 valence electrons. The predicted molar refractivity (Wildman–Crippen MR) is 74.7 cm³/mol. The van der Waals surface area contributed by atoms with Crippen molar-refractivity contribution in [1.29, 1.82) is 0 Å². The second-order valence-electron chi connectivity index (χ2n) is 6.93. The molecule has 0 atom stereocenters. The van der Waals surface area contributed by atoms with Crippen molar-refractivity contribution in [3.63, 3.8) is 0 Å². The molecule has 1 aromatic heterocycles. The molecule has 0 aliphatic heterocycles. The van der Waals surface area contributed by atoms with Gasteiger partial charge in [-0.25, -0.2) is 0 Å². The van der Waals surface area contributed by atoms with E-state index >= 15 is 0 Å². The summed E-state index contributed by atoms with van der Waals surface area (Å²) in [6.07, 6.45) is 7.02. The average Bonchev–Trinajstić information content (AvgIpc) is 2.37. The van der Waals surface area contributed by atoms with E-state index in [0.717, 1.165) is 23.7 Å². The Hall–Kier alpha value is -1.09. The van der Waals surface area contributed by atoms with Crippen LogP contribution in [0.1, 0.15) is 49.3 Å². The molecule has 0 aromatic carbocycles. The van der Waals surface area contributed by atoms with E-state index in [0.29, 0.717) is 18.0 Å². The van der Waals surface area contributed by atoms with Gasteiger partial charge in [0.1, 0.15) is 0 Å². The van der Waals surface area contributed by atoms with Crippen molar-refractivity contribution in [2.75, 3.05) is 0 Å². The molecule has 3 nitrogen and oxygen atoms in total. The van der Waals surface area contributed by atoms with Crippen LogP contribution in [0.25, 0.3) is 0 Å². The monoisotopic (exact) mass is 258 g/mol.